The molecule has 5 nitrogen and oxygen atoms in total. The van der Waals surface area contributed by atoms with E-state index in [1.165, 1.54) is 0 Å². The Bertz CT molecular complexity index is 341. The number of hydrogen-bond donors (Lipinski definition) is 3. The lowest BCUT2D eigenvalue weighted by molar-refractivity contribution is 0.0882. The Morgan fingerprint density at radius 3 is 2.41 bits per heavy atom. The van der Waals surface area contributed by atoms with Crippen LogP contribution in [0.15, 0.2) is 0 Å². The molecule has 2 atom stereocenters. The molecule has 0 aliphatic heterocycles. The van der Waals surface area contributed by atoms with Crippen LogP contribution < -0.4 is 10.0 Å². The van der Waals surface area contributed by atoms with Crippen LogP contribution in [0, 0.1) is 0 Å². The van der Waals surface area contributed by atoms with Crippen LogP contribution >= 0.6 is 0 Å². The maximum absolute atomic E-state index is 11.2. The van der Waals surface area contributed by atoms with Gasteiger partial charge < -0.3 is 10.4 Å². The van der Waals surface area contributed by atoms with Crippen molar-refractivity contribution in [3.05, 3.63) is 0 Å². The second-order valence-corrected chi connectivity index (χ2v) is 7.35. The second kappa shape index (κ2) is 5.65. The smallest absolute Gasteiger partial charge is 0.209 e. The van der Waals surface area contributed by atoms with E-state index in [4.69, 9.17) is 0 Å². The molecule has 3 N–H and O–H groups in total. The van der Waals surface area contributed by atoms with Gasteiger partial charge in [-0.1, -0.05) is 12.8 Å². The van der Waals surface area contributed by atoms with Crippen molar-refractivity contribution in [2.75, 3.05) is 12.8 Å². The summed E-state index contributed by atoms with van der Waals surface area (Å²) in [6, 6.07) is 0.0874. The van der Waals surface area contributed by atoms with Crippen molar-refractivity contribution in [2.24, 2.45) is 0 Å². The molecule has 1 aliphatic rings. The van der Waals surface area contributed by atoms with Crippen LogP contribution in [-0.4, -0.2) is 44.0 Å². The lowest BCUT2D eigenvalue weighted by Crippen LogP contribution is -2.54. The summed E-state index contributed by atoms with van der Waals surface area (Å²) in [7, 11) is -3.20. The third-order valence-electron chi connectivity index (χ3n) is 3.00. The Hall–Kier alpha value is -0.170. The molecular weight excluding hydrogens is 240 g/mol. The van der Waals surface area contributed by atoms with Crippen LogP contribution in [0.3, 0.4) is 0 Å². The Morgan fingerprint density at radius 2 is 1.88 bits per heavy atom. The number of rotatable bonds is 5. The van der Waals surface area contributed by atoms with Crippen molar-refractivity contribution in [3.8, 4) is 0 Å². The number of aliphatic hydroxyl groups is 1. The minimum absolute atomic E-state index is 0.0874. The maximum Gasteiger partial charge on any atom is 0.209 e. The fourth-order valence-electron chi connectivity index (χ4n) is 2.27. The van der Waals surface area contributed by atoms with Crippen LogP contribution in [0.25, 0.3) is 0 Å². The van der Waals surface area contributed by atoms with Crippen LogP contribution in [-0.2, 0) is 10.0 Å². The van der Waals surface area contributed by atoms with E-state index in [9.17, 15) is 13.5 Å². The summed E-state index contributed by atoms with van der Waals surface area (Å²) < 4.78 is 24.9. The van der Waals surface area contributed by atoms with Gasteiger partial charge in [-0.25, -0.2) is 13.1 Å². The predicted octanol–water partition coefficient (Wildman–Crippen LogP) is 0.207. The van der Waals surface area contributed by atoms with Gasteiger partial charge in [0.15, 0.2) is 0 Å². The third-order valence-corrected chi connectivity index (χ3v) is 3.92. The summed E-state index contributed by atoms with van der Waals surface area (Å²) in [4.78, 5) is 0. The number of sulfonamides is 1. The van der Waals surface area contributed by atoms with E-state index in [-0.39, 0.29) is 12.1 Å². The summed E-state index contributed by atoms with van der Waals surface area (Å²) in [6.45, 7) is 4.17. The van der Waals surface area contributed by atoms with E-state index < -0.39 is 15.6 Å². The molecule has 6 heteroatoms. The van der Waals surface area contributed by atoms with E-state index in [0.717, 1.165) is 31.9 Å². The first-order valence-corrected chi connectivity index (χ1v) is 7.99. The summed E-state index contributed by atoms with van der Waals surface area (Å²) in [5.74, 6) is 0. The van der Waals surface area contributed by atoms with Crippen LogP contribution in [0.5, 0.6) is 0 Å². The molecule has 1 rings (SSSR count). The largest absolute Gasteiger partial charge is 0.392 e. The SMILES string of the molecule is CC(C)(CNC1CCCCC1O)NS(C)(=O)=O. The minimum Gasteiger partial charge on any atom is -0.392 e. The van der Waals surface area contributed by atoms with Crippen LogP contribution in [0.4, 0.5) is 0 Å². The highest BCUT2D eigenvalue weighted by Gasteiger charge is 2.27. The van der Waals surface area contributed by atoms with Crippen molar-refractivity contribution >= 4 is 10.0 Å². The molecule has 0 aromatic heterocycles. The zero-order valence-corrected chi connectivity index (χ0v) is 11.7. The Morgan fingerprint density at radius 1 is 1.29 bits per heavy atom. The molecule has 0 aromatic carbocycles. The normalized spacial score (nSPS) is 27.1. The zero-order chi connectivity index (χ0) is 13.1. The van der Waals surface area contributed by atoms with Crippen molar-refractivity contribution in [3.63, 3.8) is 0 Å². The first-order valence-electron chi connectivity index (χ1n) is 6.10. The standard InChI is InChI=1S/C11H24N2O3S/c1-11(2,13-17(3,15)16)8-12-9-6-4-5-7-10(9)14/h9-10,12-14H,4-8H2,1-3H3. The monoisotopic (exact) mass is 264 g/mol. The van der Waals surface area contributed by atoms with Gasteiger partial charge in [-0.3, -0.25) is 0 Å². The summed E-state index contributed by atoms with van der Waals surface area (Å²) >= 11 is 0. The van der Waals surface area contributed by atoms with Crippen LogP contribution in [0.1, 0.15) is 39.5 Å². The molecule has 0 spiro atoms. The Kier molecular flexibility index (Phi) is 4.95. The van der Waals surface area contributed by atoms with E-state index in [0.29, 0.717) is 6.54 Å². The molecule has 102 valence electrons. The van der Waals surface area contributed by atoms with Crippen LogP contribution in [0.2, 0.25) is 0 Å². The van der Waals surface area contributed by atoms with Gasteiger partial charge in [0.2, 0.25) is 10.0 Å². The molecular formula is C11H24N2O3S. The van der Waals surface area contributed by atoms with Gasteiger partial charge in [0.25, 0.3) is 0 Å². The minimum atomic E-state index is -3.20. The summed E-state index contributed by atoms with van der Waals surface area (Å²) in [6.07, 6.45) is 4.83. The van der Waals surface area contributed by atoms with E-state index in [1.54, 1.807) is 0 Å². The number of hydrogen-bond acceptors (Lipinski definition) is 4. The summed E-state index contributed by atoms with van der Waals surface area (Å²) in [5.41, 5.74) is -0.537. The Balaban J connectivity index is 2.43. The third kappa shape index (κ3) is 5.81. The lowest BCUT2D eigenvalue weighted by Gasteiger charge is -2.33. The second-order valence-electron chi connectivity index (χ2n) is 5.60. The number of nitrogens with one attached hydrogen (secondary N) is 2. The van der Waals surface area contributed by atoms with Gasteiger partial charge in [0.05, 0.1) is 12.4 Å². The molecule has 0 bridgehead atoms. The van der Waals surface area contributed by atoms with Gasteiger partial charge in [0.1, 0.15) is 0 Å². The molecule has 1 aliphatic carbocycles. The first kappa shape index (κ1) is 14.9. The number of aliphatic hydroxyl groups excluding tert-OH is 1. The van der Waals surface area contributed by atoms with Gasteiger partial charge in [-0.15, -0.1) is 0 Å². The highest BCUT2D eigenvalue weighted by molar-refractivity contribution is 7.88. The van der Waals surface area contributed by atoms with Gasteiger partial charge in [0, 0.05) is 18.1 Å². The van der Waals surface area contributed by atoms with Gasteiger partial charge in [-0.2, -0.15) is 0 Å². The maximum atomic E-state index is 11.2. The molecule has 2 unspecified atom stereocenters. The van der Waals surface area contributed by atoms with E-state index in [2.05, 4.69) is 10.0 Å². The highest BCUT2D eigenvalue weighted by Crippen LogP contribution is 2.18. The average Bonchev–Trinajstić information content (AvgIpc) is 2.13. The lowest BCUT2D eigenvalue weighted by atomic mass is 9.92. The molecule has 17 heavy (non-hydrogen) atoms. The molecule has 0 aromatic rings. The predicted molar refractivity (Wildman–Crippen MR) is 68.3 cm³/mol. The van der Waals surface area contributed by atoms with Gasteiger partial charge >= 0.3 is 0 Å². The fraction of sp³-hybridized carbons (Fsp3) is 1.00. The summed E-state index contributed by atoms with van der Waals surface area (Å²) in [5, 5.41) is 13.1. The fourth-order valence-corrected chi connectivity index (χ4v) is 3.35. The molecule has 1 fully saturated rings. The first-order chi connectivity index (χ1) is 7.70. The highest BCUT2D eigenvalue weighted by atomic mass is 32.2. The van der Waals surface area contributed by atoms with Crippen molar-refractivity contribution in [1.82, 2.24) is 10.0 Å². The quantitative estimate of drug-likeness (QED) is 0.663. The zero-order valence-electron chi connectivity index (χ0n) is 10.9. The molecule has 0 radical (unpaired) electrons. The molecule has 0 heterocycles. The molecule has 1 saturated carbocycles. The van der Waals surface area contributed by atoms with E-state index >= 15 is 0 Å². The van der Waals surface area contributed by atoms with Gasteiger partial charge in [-0.05, 0) is 26.7 Å². The molecule has 0 saturated heterocycles. The van der Waals surface area contributed by atoms with Crippen molar-refractivity contribution in [2.45, 2.75) is 57.2 Å². The van der Waals surface area contributed by atoms with Crippen molar-refractivity contribution in [1.29, 1.82) is 0 Å². The van der Waals surface area contributed by atoms with E-state index in [1.807, 2.05) is 13.8 Å². The average molecular weight is 264 g/mol. The topological polar surface area (TPSA) is 78.4 Å². The molecule has 0 amide bonds. The Labute approximate surface area is 104 Å². The van der Waals surface area contributed by atoms with Crippen molar-refractivity contribution < 1.29 is 13.5 Å².